The number of nitrogens with one attached hydrogen (secondary N) is 2. The Labute approximate surface area is 119 Å². The minimum Gasteiger partial charge on any atom is -0.508 e. The van der Waals surface area contributed by atoms with Crippen LogP contribution in [0, 0.1) is 5.82 Å². The lowest BCUT2D eigenvalue weighted by Crippen LogP contribution is -2.17. The van der Waals surface area contributed by atoms with E-state index in [2.05, 4.69) is 15.5 Å². The number of phenols is 1. The number of rotatable bonds is 3. The molecular weight excluding hydrogens is 277 g/mol. The molecule has 1 aliphatic heterocycles. The summed E-state index contributed by atoms with van der Waals surface area (Å²) in [5.74, 6) is -0.568. The summed E-state index contributed by atoms with van der Waals surface area (Å²) in [6.07, 6.45) is 0.592. The Morgan fingerprint density at radius 1 is 1.52 bits per heavy atom. The number of aromatic hydroxyl groups is 1. The second kappa shape index (κ2) is 5.53. The number of hydrogen-bond donors (Lipinski definition) is 3. The number of ether oxygens (including phenoxy) is 1. The lowest BCUT2D eigenvalue weighted by molar-refractivity contribution is -0.115. The highest BCUT2D eigenvalue weighted by atomic mass is 19.1. The van der Waals surface area contributed by atoms with Gasteiger partial charge in [0.05, 0.1) is 19.6 Å². The van der Waals surface area contributed by atoms with E-state index in [1.807, 2.05) is 0 Å². The molecule has 0 unspecified atom stereocenters. The van der Waals surface area contributed by atoms with Gasteiger partial charge in [0.1, 0.15) is 11.6 Å². The Kier molecular flexibility index (Phi) is 3.57. The second-order valence-corrected chi connectivity index (χ2v) is 4.83. The van der Waals surface area contributed by atoms with E-state index < -0.39 is 5.82 Å². The van der Waals surface area contributed by atoms with Crippen LogP contribution in [0.25, 0.3) is 0 Å². The molecule has 2 aromatic rings. The molecule has 7 heteroatoms. The molecule has 1 aliphatic rings. The Balaban J connectivity index is 1.72. The van der Waals surface area contributed by atoms with Crippen molar-refractivity contribution in [1.29, 1.82) is 0 Å². The summed E-state index contributed by atoms with van der Waals surface area (Å²) < 4.78 is 18.5. The lowest BCUT2D eigenvalue weighted by Gasteiger charge is -2.12. The minimum absolute atomic E-state index is 0.112. The Hall–Kier alpha value is -2.41. The largest absolute Gasteiger partial charge is 0.508 e. The van der Waals surface area contributed by atoms with Crippen molar-refractivity contribution in [3.63, 3.8) is 0 Å². The number of nitrogens with zero attached hydrogens (tertiary/aromatic N) is 1. The minimum atomic E-state index is -0.499. The molecule has 2 heterocycles. The van der Waals surface area contributed by atoms with E-state index in [9.17, 15) is 14.3 Å². The number of benzene rings is 1. The summed E-state index contributed by atoms with van der Waals surface area (Å²) in [6.45, 7) is 1.02. The van der Waals surface area contributed by atoms with Crippen molar-refractivity contribution in [2.45, 2.75) is 19.4 Å². The third-order valence-electron chi connectivity index (χ3n) is 3.35. The van der Waals surface area contributed by atoms with Crippen LogP contribution in [0.4, 0.5) is 10.2 Å². The summed E-state index contributed by atoms with van der Waals surface area (Å²) in [6, 6.07) is 3.50. The van der Waals surface area contributed by atoms with E-state index in [1.54, 1.807) is 0 Å². The van der Waals surface area contributed by atoms with Crippen LogP contribution in [-0.2, 0) is 29.0 Å². The van der Waals surface area contributed by atoms with Gasteiger partial charge in [-0.25, -0.2) is 4.39 Å². The summed E-state index contributed by atoms with van der Waals surface area (Å²) in [4.78, 5) is 12.0. The molecule has 0 saturated carbocycles. The molecule has 1 aromatic heterocycles. The van der Waals surface area contributed by atoms with Crippen LogP contribution in [0.5, 0.6) is 5.75 Å². The molecular formula is C14H14FN3O3. The number of aromatic amines is 1. The van der Waals surface area contributed by atoms with E-state index in [4.69, 9.17) is 4.74 Å². The van der Waals surface area contributed by atoms with Crippen molar-refractivity contribution in [3.05, 3.63) is 40.8 Å². The molecule has 3 N–H and O–H groups in total. The van der Waals surface area contributed by atoms with Crippen molar-refractivity contribution in [2.24, 2.45) is 0 Å². The van der Waals surface area contributed by atoms with E-state index in [1.165, 1.54) is 6.07 Å². The van der Waals surface area contributed by atoms with Gasteiger partial charge in [0.25, 0.3) is 0 Å². The van der Waals surface area contributed by atoms with Crippen molar-refractivity contribution in [1.82, 2.24) is 10.2 Å². The van der Waals surface area contributed by atoms with Gasteiger partial charge in [-0.1, -0.05) is 0 Å². The first kappa shape index (κ1) is 13.6. The van der Waals surface area contributed by atoms with Crippen molar-refractivity contribution in [2.75, 3.05) is 11.9 Å². The fourth-order valence-electron chi connectivity index (χ4n) is 2.26. The molecule has 0 radical (unpaired) electrons. The molecule has 0 atom stereocenters. The van der Waals surface area contributed by atoms with E-state index in [0.717, 1.165) is 29.8 Å². The number of H-pyrrole nitrogens is 1. The molecule has 0 bridgehead atoms. The normalized spacial score (nSPS) is 13.8. The molecule has 21 heavy (non-hydrogen) atoms. The molecule has 0 spiro atoms. The lowest BCUT2D eigenvalue weighted by atomic mass is 10.1. The molecule has 6 nitrogen and oxygen atoms in total. The summed E-state index contributed by atoms with van der Waals surface area (Å²) in [5.41, 5.74) is 2.01. The monoisotopic (exact) mass is 291 g/mol. The number of carbonyl (C=O) groups is 1. The van der Waals surface area contributed by atoms with Crippen LogP contribution in [0.2, 0.25) is 0 Å². The maximum atomic E-state index is 13.1. The Bertz CT molecular complexity index is 684. The molecule has 0 aliphatic carbocycles. The van der Waals surface area contributed by atoms with Gasteiger partial charge in [-0.05, 0) is 18.2 Å². The number of carbonyl (C=O) groups excluding carboxylic acids is 1. The standard InChI is InChI=1S/C14H14FN3O3/c15-9-1-2-12(19)8(5-9)6-13(20)16-14-10-7-21-4-3-11(10)17-18-14/h1-2,5,19H,3-4,6-7H2,(H2,16,17,18,20). The van der Waals surface area contributed by atoms with Gasteiger partial charge in [-0.2, -0.15) is 5.10 Å². The second-order valence-electron chi connectivity index (χ2n) is 4.83. The van der Waals surface area contributed by atoms with Gasteiger partial charge in [0.15, 0.2) is 5.82 Å². The highest BCUT2D eigenvalue weighted by Crippen LogP contribution is 2.23. The predicted octanol–water partition coefficient (Wildman–Crippen LogP) is 1.51. The van der Waals surface area contributed by atoms with Gasteiger partial charge in [0.2, 0.25) is 5.91 Å². The van der Waals surface area contributed by atoms with Crippen LogP contribution in [0.3, 0.4) is 0 Å². The van der Waals surface area contributed by atoms with Gasteiger partial charge in [-0.15, -0.1) is 0 Å². The van der Waals surface area contributed by atoms with Crippen molar-refractivity contribution >= 4 is 11.7 Å². The van der Waals surface area contributed by atoms with Crippen LogP contribution in [0.15, 0.2) is 18.2 Å². The average molecular weight is 291 g/mol. The zero-order valence-electron chi connectivity index (χ0n) is 11.1. The third-order valence-corrected chi connectivity index (χ3v) is 3.35. The van der Waals surface area contributed by atoms with Crippen molar-refractivity contribution in [3.8, 4) is 5.75 Å². The SMILES string of the molecule is O=C(Cc1cc(F)ccc1O)Nc1n[nH]c2c1COCC2. The number of amides is 1. The van der Waals surface area contributed by atoms with Gasteiger partial charge >= 0.3 is 0 Å². The maximum absolute atomic E-state index is 13.1. The number of phenolic OH excluding ortho intramolecular Hbond substituents is 1. The predicted molar refractivity (Wildman–Crippen MR) is 72.3 cm³/mol. The molecule has 1 aromatic carbocycles. The van der Waals surface area contributed by atoms with Crippen LogP contribution >= 0.6 is 0 Å². The number of anilines is 1. The number of halogens is 1. The first-order valence-electron chi connectivity index (χ1n) is 6.54. The topological polar surface area (TPSA) is 87.2 Å². The van der Waals surface area contributed by atoms with Gasteiger partial charge in [-0.3, -0.25) is 9.89 Å². The van der Waals surface area contributed by atoms with Gasteiger partial charge < -0.3 is 15.2 Å². The Morgan fingerprint density at radius 3 is 3.24 bits per heavy atom. The first-order valence-corrected chi connectivity index (χ1v) is 6.54. The highest BCUT2D eigenvalue weighted by molar-refractivity contribution is 5.92. The maximum Gasteiger partial charge on any atom is 0.230 e. The molecule has 0 saturated heterocycles. The molecule has 3 rings (SSSR count). The fraction of sp³-hybridized carbons (Fsp3) is 0.286. The molecule has 0 fully saturated rings. The van der Waals surface area contributed by atoms with Crippen LogP contribution < -0.4 is 5.32 Å². The highest BCUT2D eigenvalue weighted by Gasteiger charge is 2.19. The number of fused-ring (bicyclic) bond motifs is 1. The zero-order valence-corrected chi connectivity index (χ0v) is 11.1. The average Bonchev–Trinajstić information content (AvgIpc) is 2.86. The number of hydrogen-bond acceptors (Lipinski definition) is 4. The quantitative estimate of drug-likeness (QED) is 0.800. The summed E-state index contributed by atoms with van der Waals surface area (Å²) >= 11 is 0. The number of aromatic nitrogens is 2. The van der Waals surface area contributed by atoms with E-state index in [-0.39, 0.29) is 23.6 Å². The Morgan fingerprint density at radius 2 is 2.38 bits per heavy atom. The molecule has 1 amide bonds. The summed E-state index contributed by atoms with van der Waals surface area (Å²) in [5, 5.41) is 19.2. The van der Waals surface area contributed by atoms with Gasteiger partial charge in [0, 0.05) is 23.2 Å². The fourth-order valence-corrected chi connectivity index (χ4v) is 2.26. The van der Waals surface area contributed by atoms with E-state index in [0.29, 0.717) is 19.0 Å². The zero-order chi connectivity index (χ0) is 14.8. The van der Waals surface area contributed by atoms with Crippen LogP contribution in [-0.4, -0.2) is 27.8 Å². The summed E-state index contributed by atoms with van der Waals surface area (Å²) in [7, 11) is 0. The molecule has 110 valence electrons. The van der Waals surface area contributed by atoms with Crippen molar-refractivity contribution < 1.29 is 19.0 Å². The van der Waals surface area contributed by atoms with E-state index >= 15 is 0 Å². The van der Waals surface area contributed by atoms with Crippen LogP contribution in [0.1, 0.15) is 16.8 Å². The first-order chi connectivity index (χ1) is 10.1. The smallest absolute Gasteiger partial charge is 0.230 e. The third kappa shape index (κ3) is 2.87.